The van der Waals surface area contributed by atoms with Crippen LogP contribution in [0.4, 0.5) is 13.2 Å². The van der Waals surface area contributed by atoms with Gasteiger partial charge in [-0.25, -0.2) is 0 Å². The first kappa shape index (κ1) is 27.9. The number of nitrogens with one attached hydrogen (secondary N) is 2. The van der Waals surface area contributed by atoms with Crippen molar-refractivity contribution in [1.82, 2.24) is 15.5 Å². The summed E-state index contributed by atoms with van der Waals surface area (Å²) in [6.07, 6.45) is -2.11. The fraction of sp³-hybridized carbons (Fsp3) is 0.650. The van der Waals surface area contributed by atoms with Crippen LogP contribution in [0.5, 0.6) is 0 Å². The lowest BCUT2D eigenvalue weighted by molar-refractivity contribution is -0.176. The number of hydrogen-bond acceptors (Lipinski definition) is 3. The van der Waals surface area contributed by atoms with Gasteiger partial charge in [0, 0.05) is 26.2 Å². The van der Waals surface area contributed by atoms with Gasteiger partial charge >= 0.3 is 6.18 Å². The van der Waals surface area contributed by atoms with Gasteiger partial charge in [0.25, 0.3) is 0 Å². The minimum absolute atomic E-state index is 0. The van der Waals surface area contributed by atoms with E-state index in [1.807, 2.05) is 12.1 Å². The van der Waals surface area contributed by atoms with Crippen molar-refractivity contribution in [3.63, 3.8) is 0 Å². The minimum Gasteiger partial charge on any atom is -0.367 e. The van der Waals surface area contributed by atoms with Gasteiger partial charge < -0.3 is 20.3 Å². The van der Waals surface area contributed by atoms with Crippen LogP contribution in [0.15, 0.2) is 29.3 Å². The summed E-state index contributed by atoms with van der Waals surface area (Å²) in [5, 5.41) is 6.52. The molecule has 1 aromatic rings. The molecule has 0 aliphatic carbocycles. The maximum absolute atomic E-state index is 12.1. The Morgan fingerprint density at radius 2 is 1.72 bits per heavy atom. The molecule has 0 aliphatic rings. The van der Waals surface area contributed by atoms with Gasteiger partial charge in [0.05, 0.1) is 6.61 Å². The molecule has 0 saturated carbocycles. The van der Waals surface area contributed by atoms with E-state index in [0.717, 1.165) is 37.5 Å². The van der Waals surface area contributed by atoms with Gasteiger partial charge in [-0.2, -0.15) is 13.2 Å². The third-order valence-corrected chi connectivity index (χ3v) is 4.35. The number of benzene rings is 1. The zero-order chi connectivity index (χ0) is 21.0. The molecule has 2 N–H and O–H groups in total. The van der Waals surface area contributed by atoms with E-state index in [-0.39, 0.29) is 30.6 Å². The van der Waals surface area contributed by atoms with Gasteiger partial charge in [-0.3, -0.25) is 4.99 Å². The molecule has 0 aliphatic heterocycles. The molecule has 0 aromatic heterocycles. The lowest BCUT2D eigenvalue weighted by atomic mass is 10.1. The molecule has 0 amide bonds. The molecule has 5 nitrogen and oxygen atoms in total. The van der Waals surface area contributed by atoms with Crippen LogP contribution in [-0.2, 0) is 17.9 Å². The highest BCUT2D eigenvalue weighted by Gasteiger charge is 2.27. The fourth-order valence-corrected chi connectivity index (χ4v) is 2.40. The summed E-state index contributed by atoms with van der Waals surface area (Å²) in [4.78, 5) is 6.53. The Bertz CT molecular complexity index is 580. The molecule has 168 valence electrons. The number of unbranched alkanes of at least 4 members (excludes halogenated alkanes) is 1. The first-order valence-electron chi connectivity index (χ1n) is 9.58. The third kappa shape index (κ3) is 13.7. The first-order chi connectivity index (χ1) is 13.2. The standard InChI is InChI=1S/C20H33F3N4O.HI/c1-16(2)27(4)12-6-5-11-25-19(24-3)26-13-17-7-9-18(10-8-17)14-28-15-20(21,22)23;/h7-10,16H,5-6,11-15H2,1-4H3,(H2,24,25,26);1H. The maximum atomic E-state index is 12.1. The number of guanidine groups is 1. The molecule has 1 rings (SSSR count). The Balaban J connectivity index is 0.00000784. The van der Waals surface area contributed by atoms with Gasteiger partial charge in [-0.15, -0.1) is 24.0 Å². The van der Waals surface area contributed by atoms with Gasteiger partial charge in [-0.1, -0.05) is 24.3 Å². The van der Waals surface area contributed by atoms with Gasteiger partial charge in [0.15, 0.2) is 5.96 Å². The zero-order valence-electron chi connectivity index (χ0n) is 17.7. The molecule has 1 aromatic carbocycles. The minimum atomic E-state index is -4.29. The van der Waals surface area contributed by atoms with E-state index in [1.54, 1.807) is 19.2 Å². The van der Waals surface area contributed by atoms with Crippen molar-refractivity contribution in [2.45, 2.75) is 52.1 Å². The predicted octanol–water partition coefficient (Wildman–Crippen LogP) is 4.17. The Kier molecular flexibility index (Phi) is 14.3. The van der Waals surface area contributed by atoms with Crippen LogP contribution in [0.3, 0.4) is 0 Å². The van der Waals surface area contributed by atoms with Crippen molar-refractivity contribution in [3.8, 4) is 0 Å². The highest BCUT2D eigenvalue weighted by Crippen LogP contribution is 2.15. The van der Waals surface area contributed by atoms with Crippen molar-refractivity contribution in [1.29, 1.82) is 0 Å². The topological polar surface area (TPSA) is 48.9 Å². The van der Waals surface area contributed by atoms with Crippen LogP contribution >= 0.6 is 24.0 Å². The summed E-state index contributed by atoms with van der Waals surface area (Å²) in [7, 11) is 3.86. The quantitative estimate of drug-likeness (QED) is 0.195. The summed E-state index contributed by atoms with van der Waals surface area (Å²) in [5.74, 6) is 0.731. The van der Waals surface area contributed by atoms with Crippen LogP contribution in [-0.4, -0.2) is 56.9 Å². The number of halogens is 4. The van der Waals surface area contributed by atoms with Crippen molar-refractivity contribution in [2.75, 3.05) is 33.8 Å². The van der Waals surface area contributed by atoms with E-state index in [1.165, 1.54) is 0 Å². The van der Waals surface area contributed by atoms with Crippen LogP contribution in [0, 0.1) is 0 Å². The van der Waals surface area contributed by atoms with Gasteiger partial charge in [0.2, 0.25) is 0 Å². The molecule has 29 heavy (non-hydrogen) atoms. The molecule has 0 heterocycles. The summed E-state index contributed by atoms with van der Waals surface area (Å²) >= 11 is 0. The highest BCUT2D eigenvalue weighted by molar-refractivity contribution is 14.0. The van der Waals surface area contributed by atoms with Gasteiger partial charge in [0.1, 0.15) is 6.61 Å². The zero-order valence-corrected chi connectivity index (χ0v) is 20.0. The highest BCUT2D eigenvalue weighted by atomic mass is 127. The molecular formula is C20H34F3IN4O. The average molecular weight is 530 g/mol. The van der Waals surface area contributed by atoms with E-state index >= 15 is 0 Å². The SMILES string of the molecule is CN=C(NCCCCN(C)C(C)C)NCc1ccc(COCC(F)(F)F)cc1.I. The molecular weight excluding hydrogens is 496 g/mol. The summed E-state index contributed by atoms with van der Waals surface area (Å²) in [6, 6.07) is 7.84. The molecule has 0 saturated heterocycles. The number of ether oxygens (including phenoxy) is 1. The number of hydrogen-bond donors (Lipinski definition) is 2. The van der Waals surface area contributed by atoms with Crippen molar-refractivity contribution in [2.24, 2.45) is 4.99 Å². The second-order valence-electron chi connectivity index (χ2n) is 7.06. The smallest absolute Gasteiger partial charge is 0.367 e. The summed E-state index contributed by atoms with van der Waals surface area (Å²) in [6.45, 7) is 5.59. The second kappa shape index (κ2) is 14.8. The number of aliphatic imine (C=N–C) groups is 1. The Morgan fingerprint density at radius 1 is 1.10 bits per heavy atom. The third-order valence-electron chi connectivity index (χ3n) is 4.35. The van der Waals surface area contributed by atoms with Crippen LogP contribution in [0.1, 0.15) is 37.8 Å². The molecule has 9 heteroatoms. The van der Waals surface area contributed by atoms with E-state index in [2.05, 4.69) is 46.2 Å². The number of alkyl halides is 3. The van der Waals surface area contributed by atoms with Crippen LogP contribution in [0.2, 0.25) is 0 Å². The Hall–Kier alpha value is -1.07. The summed E-state index contributed by atoms with van der Waals surface area (Å²) < 4.78 is 40.9. The molecule has 0 radical (unpaired) electrons. The van der Waals surface area contributed by atoms with E-state index in [4.69, 9.17) is 0 Å². The first-order valence-corrected chi connectivity index (χ1v) is 9.58. The molecule has 0 fully saturated rings. The Morgan fingerprint density at radius 3 is 2.28 bits per heavy atom. The van der Waals surface area contributed by atoms with E-state index in [0.29, 0.717) is 18.2 Å². The second-order valence-corrected chi connectivity index (χ2v) is 7.06. The predicted molar refractivity (Wildman–Crippen MR) is 123 cm³/mol. The monoisotopic (exact) mass is 530 g/mol. The molecule has 0 bridgehead atoms. The fourth-order valence-electron chi connectivity index (χ4n) is 2.40. The lowest BCUT2D eigenvalue weighted by Crippen LogP contribution is -2.37. The Labute approximate surface area is 189 Å². The van der Waals surface area contributed by atoms with Crippen LogP contribution in [0.25, 0.3) is 0 Å². The summed E-state index contributed by atoms with van der Waals surface area (Å²) in [5.41, 5.74) is 1.72. The number of nitrogens with zero attached hydrogens (tertiary/aromatic N) is 2. The van der Waals surface area contributed by atoms with Crippen LogP contribution < -0.4 is 10.6 Å². The van der Waals surface area contributed by atoms with E-state index in [9.17, 15) is 13.2 Å². The average Bonchev–Trinajstić information content (AvgIpc) is 2.63. The van der Waals surface area contributed by atoms with Crippen molar-refractivity contribution < 1.29 is 17.9 Å². The lowest BCUT2D eigenvalue weighted by Gasteiger charge is -2.20. The number of rotatable bonds is 11. The molecule has 0 spiro atoms. The van der Waals surface area contributed by atoms with E-state index < -0.39 is 12.8 Å². The normalized spacial score (nSPS) is 12.2. The largest absolute Gasteiger partial charge is 0.411 e. The van der Waals surface area contributed by atoms with Crippen molar-refractivity contribution >= 4 is 29.9 Å². The van der Waals surface area contributed by atoms with Gasteiger partial charge in [-0.05, 0) is 51.4 Å². The van der Waals surface area contributed by atoms with Crippen molar-refractivity contribution in [3.05, 3.63) is 35.4 Å². The molecule has 0 unspecified atom stereocenters. The molecule has 0 atom stereocenters. The maximum Gasteiger partial charge on any atom is 0.411 e.